The minimum absolute atomic E-state index is 0.108. The first kappa shape index (κ1) is 12.5. The smallest absolute Gasteiger partial charge is 0.0688 e. The van der Waals surface area contributed by atoms with Crippen molar-refractivity contribution in [3.05, 3.63) is 0 Å². The molecule has 0 aromatic heterocycles. The maximum Gasteiger partial charge on any atom is 0.0688 e. The molecule has 3 unspecified atom stereocenters. The van der Waals surface area contributed by atoms with Gasteiger partial charge in [0.15, 0.2) is 0 Å². The molecule has 1 saturated carbocycles. The fourth-order valence-corrected chi connectivity index (χ4v) is 2.06. The summed E-state index contributed by atoms with van der Waals surface area (Å²) in [6.07, 6.45) is 3.98. The van der Waals surface area contributed by atoms with E-state index in [4.69, 9.17) is 5.26 Å². The zero-order valence-electron chi connectivity index (χ0n) is 9.95. The number of nitrogens with one attached hydrogen (secondary N) is 1. The van der Waals surface area contributed by atoms with E-state index in [1.54, 1.807) is 6.92 Å². The Morgan fingerprint density at radius 1 is 1.40 bits per heavy atom. The molecule has 0 heterocycles. The number of rotatable bonds is 3. The molecule has 0 aromatic carbocycles. The summed E-state index contributed by atoms with van der Waals surface area (Å²) in [6, 6.07) is 2.62. The lowest BCUT2D eigenvalue weighted by Crippen LogP contribution is -2.55. The molecule has 0 bridgehead atoms. The molecule has 0 saturated heterocycles. The summed E-state index contributed by atoms with van der Waals surface area (Å²) in [7, 11) is 0. The van der Waals surface area contributed by atoms with E-state index >= 15 is 0 Å². The van der Waals surface area contributed by atoms with Crippen LogP contribution < -0.4 is 5.32 Å². The van der Waals surface area contributed by atoms with Crippen molar-refractivity contribution in [3.8, 4) is 6.07 Å². The van der Waals surface area contributed by atoms with Crippen LogP contribution in [0, 0.1) is 17.2 Å². The van der Waals surface area contributed by atoms with Gasteiger partial charge in [0, 0.05) is 11.6 Å². The molecule has 86 valence electrons. The maximum absolute atomic E-state index is 9.62. The van der Waals surface area contributed by atoms with Crippen LogP contribution in [0.25, 0.3) is 0 Å². The van der Waals surface area contributed by atoms with Crippen LogP contribution in [0.4, 0.5) is 0 Å². The zero-order chi connectivity index (χ0) is 11.5. The van der Waals surface area contributed by atoms with E-state index < -0.39 is 6.10 Å². The molecule has 0 spiro atoms. The van der Waals surface area contributed by atoms with Crippen LogP contribution in [0.5, 0.6) is 0 Å². The van der Waals surface area contributed by atoms with Crippen LogP contribution in [0.3, 0.4) is 0 Å². The average molecular weight is 210 g/mol. The van der Waals surface area contributed by atoms with E-state index in [9.17, 15) is 5.11 Å². The molecular weight excluding hydrogens is 188 g/mol. The highest BCUT2D eigenvalue weighted by Gasteiger charge is 2.32. The number of hydrogen-bond donors (Lipinski definition) is 2. The van der Waals surface area contributed by atoms with Crippen molar-refractivity contribution in [1.82, 2.24) is 5.32 Å². The second-order valence-corrected chi connectivity index (χ2v) is 5.17. The van der Waals surface area contributed by atoms with Crippen molar-refractivity contribution in [3.63, 3.8) is 0 Å². The van der Waals surface area contributed by atoms with Crippen LogP contribution in [-0.4, -0.2) is 22.8 Å². The van der Waals surface area contributed by atoms with Crippen molar-refractivity contribution in [2.45, 2.75) is 64.1 Å². The highest BCUT2D eigenvalue weighted by atomic mass is 16.3. The largest absolute Gasteiger partial charge is 0.392 e. The Kier molecular flexibility index (Phi) is 4.12. The first-order chi connectivity index (χ1) is 6.97. The first-order valence-corrected chi connectivity index (χ1v) is 5.83. The standard InChI is InChI=1S/C12H22N2O/c1-9(15)12(2,3)14-11-7-5-4-6-10(11)8-13/h9-11,14-15H,4-7H2,1-3H3. The highest BCUT2D eigenvalue weighted by Crippen LogP contribution is 2.26. The van der Waals surface area contributed by atoms with Gasteiger partial charge in [0.1, 0.15) is 0 Å². The van der Waals surface area contributed by atoms with Gasteiger partial charge >= 0.3 is 0 Å². The lowest BCUT2D eigenvalue weighted by molar-refractivity contribution is 0.0782. The van der Waals surface area contributed by atoms with Crippen LogP contribution >= 0.6 is 0 Å². The van der Waals surface area contributed by atoms with E-state index in [1.165, 1.54) is 6.42 Å². The Hall–Kier alpha value is -0.590. The van der Waals surface area contributed by atoms with Gasteiger partial charge in [-0.2, -0.15) is 5.26 Å². The third-order valence-electron chi connectivity index (χ3n) is 3.53. The minimum Gasteiger partial charge on any atom is -0.392 e. The highest BCUT2D eigenvalue weighted by molar-refractivity contribution is 4.98. The molecule has 0 radical (unpaired) electrons. The third kappa shape index (κ3) is 3.19. The van der Waals surface area contributed by atoms with Gasteiger partial charge in [0.25, 0.3) is 0 Å². The summed E-state index contributed by atoms with van der Waals surface area (Å²) in [6.45, 7) is 5.76. The fourth-order valence-electron chi connectivity index (χ4n) is 2.06. The molecule has 0 aliphatic heterocycles. The monoisotopic (exact) mass is 210 g/mol. The van der Waals surface area contributed by atoms with E-state index in [-0.39, 0.29) is 17.5 Å². The van der Waals surface area contributed by atoms with Gasteiger partial charge in [0.2, 0.25) is 0 Å². The Morgan fingerprint density at radius 2 is 2.00 bits per heavy atom. The molecule has 1 aliphatic carbocycles. The summed E-state index contributed by atoms with van der Waals surface area (Å²) in [5, 5.41) is 22.1. The number of hydrogen-bond acceptors (Lipinski definition) is 3. The Morgan fingerprint density at radius 3 is 2.53 bits per heavy atom. The Labute approximate surface area is 92.5 Å². The van der Waals surface area contributed by atoms with Crippen molar-refractivity contribution >= 4 is 0 Å². The van der Waals surface area contributed by atoms with Gasteiger partial charge < -0.3 is 10.4 Å². The quantitative estimate of drug-likeness (QED) is 0.747. The first-order valence-electron chi connectivity index (χ1n) is 5.83. The van der Waals surface area contributed by atoms with E-state index in [0.717, 1.165) is 19.3 Å². The fraction of sp³-hybridized carbons (Fsp3) is 0.917. The van der Waals surface area contributed by atoms with Crippen molar-refractivity contribution in [2.75, 3.05) is 0 Å². The Bertz CT molecular complexity index is 242. The van der Waals surface area contributed by atoms with Gasteiger partial charge in [-0.1, -0.05) is 12.8 Å². The summed E-state index contributed by atoms with van der Waals surface area (Å²) in [4.78, 5) is 0. The molecule has 3 nitrogen and oxygen atoms in total. The molecule has 1 rings (SSSR count). The molecule has 1 fully saturated rings. The zero-order valence-corrected chi connectivity index (χ0v) is 9.95. The van der Waals surface area contributed by atoms with Crippen LogP contribution in [0.15, 0.2) is 0 Å². The molecule has 3 heteroatoms. The molecule has 3 atom stereocenters. The lowest BCUT2D eigenvalue weighted by atomic mass is 9.83. The molecule has 0 aromatic rings. The molecule has 0 amide bonds. The summed E-state index contributed by atoms with van der Waals surface area (Å²) < 4.78 is 0. The van der Waals surface area contributed by atoms with Crippen LogP contribution in [-0.2, 0) is 0 Å². The van der Waals surface area contributed by atoms with Crippen molar-refractivity contribution in [2.24, 2.45) is 5.92 Å². The number of aliphatic hydroxyl groups is 1. The third-order valence-corrected chi connectivity index (χ3v) is 3.53. The number of aliphatic hydroxyl groups excluding tert-OH is 1. The minimum atomic E-state index is -0.404. The van der Waals surface area contributed by atoms with E-state index in [0.29, 0.717) is 0 Å². The summed E-state index contributed by atoms with van der Waals surface area (Å²) in [5.41, 5.74) is -0.308. The Balaban J connectivity index is 2.59. The summed E-state index contributed by atoms with van der Waals surface area (Å²) >= 11 is 0. The average Bonchev–Trinajstić information content (AvgIpc) is 2.18. The van der Waals surface area contributed by atoms with Crippen molar-refractivity contribution < 1.29 is 5.11 Å². The predicted octanol–water partition coefficient (Wildman–Crippen LogP) is 1.82. The second kappa shape index (κ2) is 4.96. The van der Waals surface area contributed by atoms with Gasteiger partial charge in [-0.15, -0.1) is 0 Å². The molecule has 15 heavy (non-hydrogen) atoms. The maximum atomic E-state index is 9.62. The molecule has 2 N–H and O–H groups in total. The molecule has 1 aliphatic rings. The van der Waals surface area contributed by atoms with Gasteiger partial charge in [-0.05, 0) is 33.6 Å². The van der Waals surface area contributed by atoms with Crippen molar-refractivity contribution in [1.29, 1.82) is 5.26 Å². The SMILES string of the molecule is CC(O)C(C)(C)NC1CCCCC1C#N. The van der Waals surface area contributed by atoms with E-state index in [2.05, 4.69) is 11.4 Å². The number of nitrogens with zero attached hydrogens (tertiary/aromatic N) is 1. The molecular formula is C12H22N2O. The van der Waals surface area contributed by atoms with Crippen LogP contribution in [0.1, 0.15) is 46.5 Å². The second-order valence-electron chi connectivity index (χ2n) is 5.17. The van der Waals surface area contributed by atoms with Crippen LogP contribution in [0.2, 0.25) is 0 Å². The lowest BCUT2D eigenvalue weighted by Gasteiger charge is -2.38. The van der Waals surface area contributed by atoms with Gasteiger partial charge in [0.05, 0.1) is 18.1 Å². The normalized spacial score (nSPS) is 29.5. The van der Waals surface area contributed by atoms with E-state index in [1.807, 2.05) is 13.8 Å². The van der Waals surface area contributed by atoms with Gasteiger partial charge in [-0.3, -0.25) is 0 Å². The summed E-state index contributed by atoms with van der Waals surface area (Å²) in [5.74, 6) is 0.108. The predicted molar refractivity (Wildman–Crippen MR) is 60.3 cm³/mol. The number of nitriles is 1. The van der Waals surface area contributed by atoms with Gasteiger partial charge in [-0.25, -0.2) is 0 Å². The topological polar surface area (TPSA) is 56.0 Å².